The predicted octanol–water partition coefficient (Wildman–Crippen LogP) is 0.538. The van der Waals surface area contributed by atoms with Gasteiger partial charge in [-0.3, -0.25) is 4.90 Å². The summed E-state index contributed by atoms with van der Waals surface area (Å²) in [6.45, 7) is 4.68. The van der Waals surface area contributed by atoms with Crippen molar-refractivity contribution in [3.05, 3.63) is 23.2 Å². The third-order valence-corrected chi connectivity index (χ3v) is 4.86. The maximum absolute atomic E-state index is 11.4. The Morgan fingerprint density at radius 3 is 2.67 bits per heavy atom. The van der Waals surface area contributed by atoms with Gasteiger partial charge in [-0.1, -0.05) is 0 Å². The largest absolute Gasteiger partial charge is 0.465 e. The van der Waals surface area contributed by atoms with E-state index in [9.17, 15) is 8.42 Å². The molecule has 0 aliphatic carbocycles. The molecular formula is C12H20N2O3S. The summed E-state index contributed by atoms with van der Waals surface area (Å²) in [5, 5.41) is 3.05. The van der Waals surface area contributed by atoms with E-state index in [1.807, 2.05) is 14.0 Å². The molecule has 1 aromatic heterocycles. The summed E-state index contributed by atoms with van der Waals surface area (Å²) in [7, 11) is -0.915. The number of rotatable bonds is 4. The average molecular weight is 272 g/mol. The van der Waals surface area contributed by atoms with Gasteiger partial charge in [-0.05, 0) is 20.0 Å². The van der Waals surface area contributed by atoms with Crippen LogP contribution < -0.4 is 5.32 Å². The summed E-state index contributed by atoms with van der Waals surface area (Å²) in [5.41, 5.74) is 1.15. The van der Waals surface area contributed by atoms with Crippen molar-refractivity contribution >= 4 is 9.84 Å². The Labute approximate surface area is 108 Å². The van der Waals surface area contributed by atoms with Crippen LogP contribution in [0.25, 0.3) is 0 Å². The predicted molar refractivity (Wildman–Crippen MR) is 70.1 cm³/mol. The molecular weight excluding hydrogens is 252 g/mol. The van der Waals surface area contributed by atoms with Gasteiger partial charge in [0.05, 0.1) is 18.1 Å². The molecule has 0 saturated carbocycles. The summed E-state index contributed by atoms with van der Waals surface area (Å²) in [6, 6.07) is 2.05. The fraction of sp³-hybridized carbons (Fsp3) is 0.667. The summed E-state index contributed by atoms with van der Waals surface area (Å²) < 4.78 is 28.3. The van der Waals surface area contributed by atoms with Crippen molar-refractivity contribution in [2.75, 3.05) is 31.6 Å². The number of hydrogen-bond donors (Lipinski definition) is 1. The van der Waals surface area contributed by atoms with Gasteiger partial charge in [0, 0.05) is 25.2 Å². The Morgan fingerprint density at radius 1 is 1.39 bits per heavy atom. The van der Waals surface area contributed by atoms with Gasteiger partial charge in [-0.2, -0.15) is 0 Å². The highest BCUT2D eigenvalue weighted by Crippen LogP contribution is 2.18. The van der Waals surface area contributed by atoms with Gasteiger partial charge < -0.3 is 9.73 Å². The van der Waals surface area contributed by atoms with Gasteiger partial charge in [0.1, 0.15) is 11.5 Å². The molecule has 0 radical (unpaired) electrons. The molecule has 1 aliphatic heterocycles. The minimum absolute atomic E-state index is 0.271. The highest BCUT2D eigenvalue weighted by Gasteiger charge is 2.22. The zero-order valence-electron chi connectivity index (χ0n) is 10.9. The second kappa shape index (κ2) is 5.42. The Balaban J connectivity index is 1.97. The Hall–Kier alpha value is -0.850. The van der Waals surface area contributed by atoms with Gasteiger partial charge in [-0.25, -0.2) is 8.42 Å². The van der Waals surface area contributed by atoms with Crippen molar-refractivity contribution < 1.29 is 12.8 Å². The lowest BCUT2D eigenvalue weighted by Crippen LogP contribution is -2.39. The van der Waals surface area contributed by atoms with Gasteiger partial charge >= 0.3 is 0 Å². The summed E-state index contributed by atoms with van der Waals surface area (Å²) in [5.74, 6) is 2.39. The smallest absolute Gasteiger partial charge is 0.152 e. The molecule has 1 fully saturated rings. The molecule has 1 saturated heterocycles. The number of nitrogens with one attached hydrogen (secondary N) is 1. The van der Waals surface area contributed by atoms with Crippen LogP contribution in [0.2, 0.25) is 0 Å². The standard InChI is InChI=1S/C12H20N2O3S/c1-10-11(7-12(17-10)8-13-2)9-14-3-5-18(15,16)6-4-14/h7,13H,3-6,8-9H2,1-2H3. The van der Waals surface area contributed by atoms with E-state index in [0.717, 1.165) is 30.2 Å². The lowest BCUT2D eigenvalue weighted by atomic mass is 10.2. The Kier molecular flexibility index (Phi) is 4.09. The molecule has 0 aromatic carbocycles. The minimum Gasteiger partial charge on any atom is -0.465 e. The number of furan rings is 1. The number of hydrogen-bond acceptors (Lipinski definition) is 5. The molecule has 18 heavy (non-hydrogen) atoms. The topological polar surface area (TPSA) is 62.6 Å². The van der Waals surface area contributed by atoms with Crippen molar-refractivity contribution in [2.45, 2.75) is 20.0 Å². The highest BCUT2D eigenvalue weighted by atomic mass is 32.2. The van der Waals surface area contributed by atoms with E-state index < -0.39 is 9.84 Å². The third kappa shape index (κ3) is 3.34. The van der Waals surface area contributed by atoms with Gasteiger partial charge in [0.2, 0.25) is 0 Å². The quantitative estimate of drug-likeness (QED) is 0.866. The number of nitrogens with zero attached hydrogens (tertiary/aromatic N) is 1. The van der Waals surface area contributed by atoms with E-state index in [4.69, 9.17) is 4.42 Å². The molecule has 6 heteroatoms. The second-order valence-corrected chi connectivity index (χ2v) is 7.06. The zero-order valence-corrected chi connectivity index (χ0v) is 11.7. The van der Waals surface area contributed by atoms with Crippen molar-refractivity contribution in [3.63, 3.8) is 0 Å². The van der Waals surface area contributed by atoms with Crippen LogP contribution in [-0.2, 0) is 22.9 Å². The molecule has 0 spiro atoms. The first kappa shape index (κ1) is 13.6. The highest BCUT2D eigenvalue weighted by molar-refractivity contribution is 7.91. The Bertz CT molecular complexity index is 493. The second-order valence-electron chi connectivity index (χ2n) is 4.75. The van der Waals surface area contributed by atoms with Crippen LogP contribution in [0.1, 0.15) is 17.1 Å². The molecule has 1 aliphatic rings. The molecule has 0 bridgehead atoms. The molecule has 2 heterocycles. The minimum atomic E-state index is -2.80. The van der Waals surface area contributed by atoms with E-state index in [0.29, 0.717) is 13.1 Å². The van der Waals surface area contributed by atoms with E-state index in [1.54, 1.807) is 0 Å². The molecule has 2 rings (SSSR count). The normalized spacial score (nSPS) is 20.1. The van der Waals surface area contributed by atoms with E-state index in [2.05, 4.69) is 16.3 Å². The molecule has 0 atom stereocenters. The van der Waals surface area contributed by atoms with Crippen LogP contribution in [-0.4, -0.2) is 45.0 Å². The zero-order chi connectivity index (χ0) is 13.2. The van der Waals surface area contributed by atoms with Crippen molar-refractivity contribution in [1.29, 1.82) is 0 Å². The number of sulfone groups is 1. The lowest BCUT2D eigenvalue weighted by molar-refractivity contribution is 0.285. The molecule has 102 valence electrons. The van der Waals surface area contributed by atoms with Crippen LogP contribution >= 0.6 is 0 Å². The van der Waals surface area contributed by atoms with Crippen molar-refractivity contribution in [3.8, 4) is 0 Å². The van der Waals surface area contributed by atoms with Crippen LogP contribution in [0.3, 0.4) is 0 Å². The molecule has 1 aromatic rings. The first-order valence-corrected chi connectivity index (χ1v) is 7.98. The van der Waals surface area contributed by atoms with Gasteiger partial charge in [0.15, 0.2) is 9.84 Å². The molecule has 5 nitrogen and oxygen atoms in total. The lowest BCUT2D eigenvalue weighted by Gasteiger charge is -2.26. The average Bonchev–Trinajstić information content (AvgIpc) is 2.63. The summed E-state index contributed by atoms with van der Waals surface area (Å²) in [4.78, 5) is 2.17. The molecule has 0 amide bonds. The summed E-state index contributed by atoms with van der Waals surface area (Å²) >= 11 is 0. The first-order chi connectivity index (χ1) is 8.50. The SMILES string of the molecule is CNCc1cc(CN2CCS(=O)(=O)CC2)c(C)o1. The van der Waals surface area contributed by atoms with Crippen molar-refractivity contribution in [2.24, 2.45) is 0 Å². The maximum atomic E-state index is 11.4. The third-order valence-electron chi connectivity index (χ3n) is 3.25. The van der Waals surface area contributed by atoms with Gasteiger partial charge in [0.25, 0.3) is 0 Å². The summed E-state index contributed by atoms with van der Waals surface area (Å²) in [6.07, 6.45) is 0. The van der Waals surface area contributed by atoms with Gasteiger partial charge in [-0.15, -0.1) is 0 Å². The fourth-order valence-corrected chi connectivity index (χ4v) is 3.43. The monoisotopic (exact) mass is 272 g/mol. The fourth-order valence-electron chi connectivity index (χ4n) is 2.16. The number of aryl methyl sites for hydroxylation is 1. The van der Waals surface area contributed by atoms with Crippen LogP contribution in [0, 0.1) is 6.92 Å². The van der Waals surface area contributed by atoms with Crippen LogP contribution in [0.15, 0.2) is 10.5 Å². The maximum Gasteiger partial charge on any atom is 0.152 e. The van der Waals surface area contributed by atoms with E-state index in [-0.39, 0.29) is 11.5 Å². The van der Waals surface area contributed by atoms with E-state index in [1.165, 1.54) is 0 Å². The van der Waals surface area contributed by atoms with Crippen LogP contribution in [0.4, 0.5) is 0 Å². The van der Waals surface area contributed by atoms with Crippen molar-refractivity contribution in [1.82, 2.24) is 10.2 Å². The molecule has 1 N–H and O–H groups in total. The first-order valence-electron chi connectivity index (χ1n) is 6.16. The molecule has 0 unspecified atom stereocenters. The van der Waals surface area contributed by atoms with E-state index >= 15 is 0 Å². The Morgan fingerprint density at radius 2 is 2.06 bits per heavy atom. The van der Waals surface area contributed by atoms with Crippen LogP contribution in [0.5, 0.6) is 0 Å².